The fraction of sp³-hybridized carbons (Fsp3) is 0.167. The number of hydrogen-bond acceptors (Lipinski definition) is 7. The standard InChI is InChI=1S/C30H26F2N6O5/c1-2-36-17-22(29(41)38(30(36)42)20-8-5-18(31)6-9-20)28(40)35-19-7-10-25(23(32)14-19)43-26-15-21(16-34-24(26)11-12-33)37-13-3-4-27(37)39/h5-12,14-17H,2-4,13,33H2,1H3,(H,35,40). The summed E-state index contributed by atoms with van der Waals surface area (Å²) in [4.78, 5) is 57.2. The van der Waals surface area contributed by atoms with Crippen LogP contribution in [0.5, 0.6) is 11.5 Å². The van der Waals surface area contributed by atoms with Gasteiger partial charge in [0.15, 0.2) is 17.3 Å². The molecule has 1 aliphatic rings. The Kier molecular flexibility index (Phi) is 8.14. The average Bonchev–Trinajstić information content (AvgIpc) is 3.42. The van der Waals surface area contributed by atoms with E-state index >= 15 is 4.39 Å². The van der Waals surface area contributed by atoms with Gasteiger partial charge in [-0.3, -0.25) is 23.9 Å². The second kappa shape index (κ2) is 12.1. The predicted molar refractivity (Wildman–Crippen MR) is 155 cm³/mol. The maximum atomic E-state index is 15.2. The van der Waals surface area contributed by atoms with Crippen LogP contribution in [0.1, 0.15) is 35.8 Å². The van der Waals surface area contributed by atoms with E-state index < -0.39 is 28.8 Å². The Labute approximate surface area is 243 Å². The first-order valence-electron chi connectivity index (χ1n) is 13.3. The number of anilines is 2. The number of pyridine rings is 1. The molecule has 5 rings (SSSR count). The van der Waals surface area contributed by atoms with Crippen LogP contribution in [0.4, 0.5) is 20.2 Å². The lowest BCUT2D eigenvalue weighted by atomic mass is 10.2. The third-order valence-electron chi connectivity index (χ3n) is 6.74. The van der Waals surface area contributed by atoms with E-state index in [2.05, 4.69) is 10.3 Å². The normalized spacial score (nSPS) is 13.1. The fourth-order valence-corrected chi connectivity index (χ4v) is 4.59. The van der Waals surface area contributed by atoms with Crippen molar-refractivity contribution in [3.63, 3.8) is 0 Å². The molecule has 3 N–H and O–H groups in total. The van der Waals surface area contributed by atoms with Crippen LogP contribution in [0.2, 0.25) is 0 Å². The van der Waals surface area contributed by atoms with E-state index in [0.29, 0.717) is 30.8 Å². The third-order valence-corrected chi connectivity index (χ3v) is 6.74. The minimum Gasteiger partial charge on any atom is -0.452 e. The van der Waals surface area contributed by atoms with E-state index in [1.807, 2.05) is 0 Å². The third kappa shape index (κ3) is 5.91. The second-order valence-electron chi connectivity index (χ2n) is 9.51. The number of nitrogens with zero attached hydrogens (tertiary/aromatic N) is 4. The van der Waals surface area contributed by atoms with Crippen LogP contribution in [0, 0.1) is 11.6 Å². The topological polar surface area (TPSA) is 142 Å². The molecule has 0 unspecified atom stereocenters. The van der Waals surface area contributed by atoms with Gasteiger partial charge in [-0.25, -0.2) is 18.1 Å². The summed E-state index contributed by atoms with van der Waals surface area (Å²) in [6.45, 7) is 2.32. The maximum Gasteiger partial charge on any atom is 0.335 e. The van der Waals surface area contributed by atoms with Gasteiger partial charge in [-0.15, -0.1) is 0 Å². The van der Waals surface area contributed by atoms with Gasteiger partial charge in [-0.1, -0.05) is 0 Å². The SMILES string of the molecule is CCn1cc(C(=O)Nc2ccc(Oc3cc(N4CCCC4=O)cnc3C=CN)c(F)c2)c(=O)n(-c2ccc(F)cc2)c1=O. The molecule has 0 radical (unpaired) electrons. The first-order chi connectivity index (χ1) is 20.7. The Hall–Kier alpha value is -5.59. The predicted octanol–water partition coefficient (Wildman–Crippen LogP) is 3.79. The molecular formula is C30H26F2N6O5. The van der Waals surface area contributed by atoms with Crippen molar-refractivity contribution in [3.05, 3.63) is 111 Å². The highest BCUT2D eigenvalue weighted by atomic mass is 19.1. The molecule has 1 fully saturated rings. The molecule has 220 valence electrons. The van der Waals surface area contributed by atoms with Crippen molar-refractivity contribution in [1.82, 2.24) is 14.1 Å². The lowest BCUT2D eigenvalue weighted by Crippen LogP contribution is -2.42. The molecule has 43 heavy (non-hydrogen) atoms. The molecule has 0 saturated carbocycles. The highest BCUT2D eigenvalue weighted by Gasteiger charge is 2.24. The summed E-state index contributed by atoms with van der Waals surface area (Å²) in [6, 6.07) is 9.88. The highest BCUT2D eigenvalue weighted by Crippen LogP contribution is 2.33. The number of rotatable bonds is 8. The van der Waals surface area contributed by atoms with Gasteiger partial charge >= 0.3 is 5.69 Å². The number of nitrogens with two attached hydrogens (primary N) is 1. The van der Waals surface area contributed by atoms with E-state index in [9.17, 15) is 23.6 Å². The van der Waals surface area contributed by atoms with Gasteiger partial charge in [-0.2, -0.15) is 0 Å². The summed E-state index contributed by atoms with van der Waals surface area (Å²) in [7, 11) is 0. The van der Waals surface area contributed by atoms with Crippen LogP contribution < -0.4 is 31.9 Å². The average molecular weight is 589 g/mol. The van der Waals surface area contributed by atoms with Gasteiger partial charge in [0.2, 0.25) is 5.91 Å². The highest BCUT2D eigenvalue weighted by molar-refractivity contribution is 6.04. The summed E-state index contributed by atoms with van der Waals surface area (Å²) >= 11 is 0. The zero-order valence-electron chi connectivity index (χ0n) is 22.9. The number of hydrogen-bond donors (Lipinski definition) is 2. The minimum absolute atomic E-state index is 0.00782. The summed E-state index contributed by atoms with van der Waals surface area (Å²) in [6.07, 6.45) is 6.46. The lowest BCUT2D eigenvalue weighted by molar-refractivity contribution is -0.117. The lowest BCUT2D eigenvalue weighted by Gasteiger charge is -2.18. The van der Waals surface area contributed by atoms with Crippen LogP contribution >= 0.6 is 0 Å². The number of aromatic nitrogens is 3. The minimum atomic E-state index is -0.927. The largest absolute Gasteiger partial charge is 0.452 e. The van der Waals surface area contributed by atoms with Gasteiger partial charge in [0.1, 0.15) is 17.1 Å². The molecule has 4 aromatic rings. The summed E-state index contributed by atoms with van der Waals surface area (Å²) in [5, 5.41) is 2.46. The van der Waals surface area contributed by atoms with Crippen molar-refractivity contribution in [2.45, 2.75) is 26.3 Å². The molecule has 1 saturated heterocycles. The Morgan fingerprint density at radius 1 is 1.07 bits per heavy atom. The molecule has 2 amide bonds. The van der Waals surface area contributed by atoms with Crippen LogP contribution in [0.25, 0.3) is 11.8 Å². The monoisotopic (exact) mass is 588 g/mol. The number of carbonyl (C=O) groups excluding carboxylic acids is 2. The molecule has 0 atom stereocenters. The number of halogens is 2. The molecule has 3 heterocycles. The number of aryl methyl sites for hydroxylation is 1. The van der Waals surface area contributed by atoms with Crippen molar-refractivity contribution in [2.75, 3.05) is 16.8 Å². The summed E-state index contributed by atoms with van der Waals surface area (Å²) < 4.78 is 36.3. The van der Waals surface area contributed by atoms with E-state index in [4.69, 9.17) is 10.5 Å². The van der Waals surface area contributed by atoms with Crippen molar-refractivity contribution >= 4 is 29.3 Å². The molecule has 0 spiro atoms. The Bertz CT molecular complexity index is 1870. The first-order valence-corrected chi connectivity index (χ1v) is 13.3. The molecule has 0 bridgehead atoms. The van der Waals surface area contributed by atoms with Gasteiger partial charge in [-0.05, 0) is 62.0 Å². The smallest absolute Gasteiger partial charge is 0.335 e. The number of amides is 2. The molecule has 11 nitrogen and oxygen atoms in total. The summed E-state index contributed by atoms with van der Waals surface area (Å²) in [5.74, 6) is -2.40. The Morgan fingerprint density at radius 2 is 1.84 bits per heavy atom. The number of nitrogens with one attached hydrogen (secondary N) is 1. The van der Waals surface area contributed by atoms with Gasteiger partial charge in [0, 0.05) is 43.5 Å². The first kappa shape index (κ1) is 28.9. The van der Waals surface area contributed by atoms with E-state index in [1.54, 1.807) is 17.9 Å². The molecule has 1 aliphatic heterocycles. The summed E-state index contributed by atoms with van der Waals surface area (Å²) in [5.41, 5.74) is 4.39. The van der Waals surface area contributed by atoms with E-state index in [1.165, 1.54) is 42.7 Å². The molecule has 2 aromatic heterocycles. The fourth-order valence-electron chi connectivity index (χ4n) is 4.59. The van der Waals surface area contributed by atoms with Crippen LogP contribution in [0.3, 0.4) is 0 Å². The van der Waals surface area contributed by atoms with Crippen LogP contribution in [0.15, 0.2) is 76.7 Å². The zero-order valence-corrected chi connectivity index (χ0v) is 22.9. The molecule has 13 heteroatoms. The van der Waals surface area contributed by atoms with Gasteiger partial charge < -0.3 is 20.7 Å². The van der Waals surface area contributed by atoms with Gasteiger partial charge in [0.05, 0.1) is 17.6 Å². The number of ether oxygens (including phenoxy) is 1. The van der Waals surface area contributed by atoms with Gasteiger partial charge in [0.25, 0.3) is 11.5 Å². The molecule has 2 aromatic carbocycles. The number of benzene rings is 2. The van der Waals surface area contributed by atoms with Crippen molar-refractivity contribution < 1.29 is 23.1 Å². The number of carbonyl (C=O) groups is 2. The van der Waals surface area contributed by atoms with E-state index in [0.717, 1.165) is 33.5 Å². The van der Waals surface area contributed by atoms with Crippen molar-refractivity contribution in [3.8, 4) is 17.2 Å². The van der Waals surface area contributed by atoms with Crippen LogP contribution in [-0.2, 0) is 11.3 Å². The Morgan fingerprint density at radius 3 is 2.49 bits per heavy atom. The zero-order chi connectivity index (χ0) is 30.7. The van der Waals surface area contributed by atoms with E-state index in [-0.39, 0.29) is 40.9 Å². The quantitative estimate of drug-likeness (QED) is 0.319. The van der Waals surface area contributed by atoms with Crippen molar-refractivity contribution in [1.29, 1.82) is 0 Å². The maximum absolute atomic E-state index is 15.2. The molecule has 0 aliphatic carbocycles. The van der Waals surface area contributed by atoms with Crippen LogP contribution in [-0.4, -0.2) is 32.5 Å². The van der Waals surface area contributed by atoms with Crippen molar-refractivity contribution in [2.24, 2.45) is 5.73 Å². The second-order valence-corrected chi connectivity index (χ2v) is 9.51. The molecular weight excluding hydrogens is 562 g/mol. The Balaban J connectivity index is 1.42.